The van der Waals surface area contributed by atoms with E-state index in [1.807, 2.05) is 30.3 Å². The lowest BCUT2D eigenvalue weighted by Gasteiger charge is -2.25. The van der Waals surface area contributed by atoms with E-state index in [1.165, 1.54) is 9.58 Å². The lowest BCUT2D eigenvalue weighted by molar-refractivity contribution is -0.127. The van der Waals surface area contributed by atoms with Gasteiger partial charge in [-0.25, -0.2) is 4.68 Å². The zero-order valence-electron chi connectivity index (χ0n) is 25.7. The molecule has 0 radical (unpaired) electrons. The number of rotatable bonds is 12. The molecule has 11 heteroatoms. The zero-order valence-corrected chi connectivity index (χ0v) is 25.7. The molecule has 0 aliphatic rings. The average molecular weight is 619 g/mol. The maximum atomic E-state index is 13.6. The first-order valence-corrected chi connectivity index (χ1v) is 14.5. The first-order valence-electron chi connectivity index (χ1n) is 14.5. The van der Waals surface area contributed by atoms with Gasteiger partial charge in [0.15, 0.2) is 0 Å². The summed E-state index contributed by atoms with van der Waals surface area (Å²) in [5.74, 6) is 0.365. The predicted molar refractivity (Wildman–Crippen MR) is 175 cm³/mol. The van der Waals surface area contributed by atoms with Gasteiger partial charge in [0.05, 0.1) is 20.4 Å². The predicted octanol–water partition coefficient (Wildman–Crippen LogP) is 4.61. The van der Waals surface area contributed by atoms with Crippen LogP contribution in [-0.2, 0) is 22.6 Å². The second-order valence-corrected chi connectivity index (χ2v) is 10.5. The van der Waals surface area contributed by atoms with Gasteiger partial charge in [-0.15, -0.1) is 5.10 Å². The molecule has 4 aromatic carbocycles. The molecule has 5 rings (SSSR count). The van der Waals surface area contributed by atoms with Crippen LogP contribution in [0.2, 0.25) is 0 Å². The van der Waals surface area contributed by atoms with Crippen LogP contribution in [0.15, 0.2) is 109 Å². The van der Waals surface area contributed by atoms with Gasteiger partial charge in [-0.2, -0.15) is 0 Å². The lowest BCUT2D eigenvalue weighted by Crippen LogP contribution is -2.49. The average Bonchev–Trinajstić information content (AvgIpc) is 3.56. The fraction of sp³-hybridized carbons (Fsp3) is 0.171. The van der Waals surface area contributed by atoms with Crippen molar-refractivity contribution in [1.29, 1.82) is 0 Å². The van der Waals surface area contributed by atoms with Crippen LogP contribution in [0.1, 0.15) is 15.9 Å². The van der Waals surface area contributed by atoms with Crippen molar-refractivity contribution in [2.24, 2.45) is 0 Å². The molecule has 11 nitrogen and oxygen atoms in total. The second kappa shape index (κ2) is 14.7. The van der Waals surface area contributed by atoms with Crippen LogP contribution in [0.25, 0.3) is 11.3 Å². The maximum Gasteiger partial charge on any atom is 0.255 e. The van der Waals surface area contributed by atoms with Crippen molar-refractivity contribution in [2.75, 3.05) is 31.5 Å². The Kier molecular flexibility index (Phi) is 10.0. The highest BCUT2D eigenvalue weighted by atomic mass is 16.5. The molecule has 46 heavy (non-hydrogen) atoms. The summed E-state index contributed by atoms with van der Waals surface area (Å²) in [5, 5.41) is 14.1. The Bertz CT molecular complexity index is 1790. The van der Waals surface area contributed by atoms with E-state index in [0.29, 0.717) is 40.6 Å². The molecule has 0 unspecified atom stereocenters. The first kappa shape index (κ1) is 31.5. The Labute approximate surface area is 266 Å². The number of nitrogens with one attached hydrogen (secondary N) is 2. The number of carbonyl (C=O) groups is 3. The van der Waals surface area contributed by atoms with Crippen molar-refractivity contribution in [3.8, 4) is 22.8 Å². The summed E-state index contributed by atoms with van der Waals surface area (Å²) in [6.07, 6.45) is 1.97. The van der Waals surface area contributed by atoms with Gasteiger partial charge in [-0.1, -0.05) is 53.7 Å². The van der Waals surface area contributed by atoms with Gasteiger partial charge in [0.25, 0.3) is 5.91 Å². The summed E-state index contributed by atoms with van der Waals surface area (Å²) in [4.78, 5) is 40.9. The largest absolute Gasteiger partial charge is 0.497 e. The Hall–Kier alpha value is -5.97. The number of methoxy groups -OCH3 is 2. The van der Waals surface area contributed by atoms with Crippen LogP contribution in [0.4, 0.5) is 11.4 Å². The standard InChI is InChI=1S/C35H34N6O5/c1-40(28-16-18-29(45-2)19-17-28)35(44)31(20-24-8-5-4-6-9-24)37-33(42)23-41-22-32(38-39-41)25-12-14-27(15-13-25)36-34(43)26-10-7-11-30(21-26)46-3/h4-19,21-22,31H,20,23H2,1-3H3,(H,36,43)(H,37,42)/t31-/m0/s1. The maximum absolute atomic E-state index is 13.6. The minimum Gasteiger partial charge on any atom is -0.497 e. The molecule has 0 bridgehead atoms. The molecule has 0 fully saturated rings. The number of nitrogens with zero attached hydrogens (tertiary/aromatic N) is 4. The summed E-state index contributed by atoms with van der Waals surface area (Å²) in [5.41, 5.74) is 3.97. The number of hydrogen-bond acceptors (Lipinski definition) is 7. The molecular formula is C35H34N6O5. The molecule has 3 amide bonds. The summed E-state index contributed by atoms with van der Waals surface area (Å²) in [6, 6.07) is 29.9. The second-order valence-electron chi connectivity index (χ2n) is 10.5. The van der Waals surface area contributed by atoms with Gasteiger partial charge >= 0.3 is 0 Å². The van der Waals surface area contributed by atoms with Crippen LogP contribution in [-0.4, -0.2) is 60.0 Å². The minimum absolute atomic E-state index is 0.132. The third-order valence-corrected chi connectivity index (χ3v) is 7.32. The summed E-state index contributed by atoms with van der Waals surface area (Å²) in [6.45, 7) is -0.132. The van der Waals surface area contributed by atoms with Crippen molar-refractivity contribution < 1.29 is 23.9 Å². The highest BCUT2D eigenvalue weighted by molar-refractivity contribution is 6.04. The molecule has 0 saturated heterocycles. The van der Waals surface area contributed by atoms with E-state index in [9.17, 15) is 14.4 Å². The number of carbonyl (C=O) groups excluding carboxylic acids is 3. The highest BCUT2D eigenvalue weighted by Crippen LogP contribution is 2.21. The minimum atomic E-state index is -0.815. The van der Waals surface area contributed by atoms with Gasteiger partial charge < -0.3 is 25.0 Å². The van der Waals surface area contributed by atoms with Crippen LogP contribution in [0.3, 0.4) is 0 Å². The molecule has 5 aromatic rings. The Morgan fingerprint density at radius 3 is 2.26 bits per heavy atom. The topological polar surface area (TPSA) is 128 Å². The van der Waals surface area contributed by atoms with E-state index in [1.54, 1.807) is 100 Å². The first-order chi connectivity index (χ1) is 22.3. The normalized spacial score (nSPS) is 11.3. The number of anilines is 2. The van der Waals surface area contributed by atoms with E-state index in [4.69, 9.17) is 9.47 Å². The number of benzene rings is 4. The van der Waals surface area contributed by atoms with Crippen molar-refractivity contribution in [1.82, 2.24) is 20.3 Å². The van der Waals surface area contributed by atoms with Crippen LogP contribution in [0, 0.1) is 0 Å². The summed E-state index contributed by atoms with van der Waals surface area (Å²) >= 11 is 0. The zero-order chi connectivity index (χ0) is 32.5. The molecule has 0 aliphatic carbocycles. The van der Waals surface area contributed by atoms with E-state index < -0.39 is 6.04 Å². The molecule has 1 aromatic heterocycles. The Morgan fingerprint density at radius 1 is 0.848 bits per heavy atom. The molecular weight excluding hydrogens is 584 g/mol. The Balaban J connectivity index is 1.23. The van der Waals surface area contributed by atoms with Crippen molar-refractivity contribution in [2.45, 2.75) is 19.0 Å². The van der Waals surface area contributed by atoms with Crippen molar-refractivity contribution >= 4 is 29.1 Å². The fourth-order valence-corrected chi connectivity index (χ4v) is 4.80. The number of hydrogen-bond donors (Lipinski definition) is 2. The summed E-state index contributed by atoms with van der Waals surface area (Å²) < 4.78 is 11.8. The Morgan fingerprint density at radius 2 is 1.57 bits per heavy atom. The molecule has 1 heterocycles. The summed E-state index contributed by atoms with van der Waals surface area (Å²) in [7, 11) is 4.80. The number of amides is 3. The van der Waals surface area contributed by atoms with Crippen LogP contribution >= 0.6 is 0 Å². The van der Waals surface area contributed by atoms with E-state index >= 15 is 0 Å². The fourth-order valence-electron chi connectivity index (χ4n) is 4.80. The molecule has 234 valence electrons. The van der Waals surface area contributed by atoms with E-state index in [0.717, 1.165) is 11.1 Å². The third-order valence-electron chi connectivity index (χ3n) is 7.32. The highest BCUT2D eigenvalue weighted by Gasteiger charge is 2.26. The number of aromatic nitrogens is 3. The molecule has 0 aliphatic heterocycles. The SMILES string of the molecule is COc1ccc(N(C)C(=O)[C@H](Cc2ccccc2)NC(=O)Cn2cc(-c3ccc(NC(=O)c4cccc(OC)c4)cc3)nn2)cc1. The molecule has 0 spiro atoms. The molecule has 0 saturated carbocycles. The van der Waals surface area contributed by atoms with Gasteiger partial charge in [0.1, 0.15) is 29.8 Å². The van der Waals surface area contributed by atoms with E-state index in [-0.39, 0.29) is 24.3 Å². The van der Waals surface area contributed by atoms with Gasteiger partial charge in [-0.05, 0) is 60.2 Å². The third kappa shape index (κ3) is 7.94. The molecule has 2 N–H and O–H groups in total. The van der Waals surface area contributed by atoms with Crippen molar-refractivity contribution in [3.63, 3.8) is 0 Å². The van der Waals surface area contributed by atoms with E-state index in [2.05, 4.69) is 20.9 Å². The van der Waals surface area contributed by atoms with Crippen molar-refractivity contribution in [3.05, 3.63) is 120 Å². The van der Waals surface area contributed by atoms with Gasteiger partial charge in [0, 0.05) is 36.0 Å². The lowest BCUT2D eigenvalue weighted by atomic mass is 10.0. The monoisotopic (exact) mass is 618 g/mol. The quantitative estimate of drug-likeness (QED) is 0.209. The van der Waals surface area contributed by atoms with Gasteiger partial charge in [-0.3, -0.25) is 14.4 Å². The molecule has 1 atom stereocenters. The number of ether oxygens (including phenoxy) is 2. The van der Waals surface area contributed by atoms with Crippen LogP contribution in [0.5, 0.6) is 11.5 Å². The number of likely N-dealkylation sites (N-methyl/N-ethyl adjacent to an activating group) is 1. The van der Waals surface area contributed by atoms with Gasteiger partial charge in [0.2, 0.25) is 11.8 Å². The van der Waals surface area contributed by atoms with Crippen LogP contribution < -0.4 is 25.0 Å². The smallest absolute Gasteiger partial charge is 0.255 e.